The molecule has 2 aromatic heterocycles. The monoisotopic (exact) mass is 343 g/mol. The third-order valence-electron chi connectivity index (χ3n) is 4.69. The number of pyridine rings is 1. The van der Waals surface area contributed by atoms with Crippen LogP contribution in [0.2, 0.25) is 0 Å². The van der Waals surface area contributed by atoms with E-state index in [2.05, 4.69) is 20.0 Å². The third-order valence-corrected chi connectivity index (χ3v) is 4.69. The minimum absolute atomic E-state index is 0.00467. The van der Waals surface area contributed by atoms with E-state index < -0.39 is 0 Å². The molecule has 0 aliphatic carbocycles. The highest BCUT2D eigenvalue weighted by Crippen LogP contribution is 2.31. The van der Waals surface area contributed by atoms with Crippen LogP contribution in [0, 0.1) is 0 Å². The van der Waals surface area contributed by atoms with E-state index in [4.69, 9.17) is 9.26 Å². The molecule has 2 aromatic rings. The van der Waals surface area contributed by atoms with Crippen molar-refractivity contribution in [3.63, 3.8) is 0 Å². The third kappa shape index (κ3) is 3.54. The second-order valence-electron chi connectivity index (χ2n) is 6.29. The van der Waals surface area contributed by atoms with Gasteiger partial charge in [-0.2, -0.15) is 4.98 Å². The Morgan fingerprint density at radius 2 is 2.12 bits per heavy atom. The quantitative estimate of drug-likeness (QED) is 0.822. The first-order chi connectivity index (χ1) is 12.3. The average molecular weight is 343 g/mol. The van der Waals surface area contributed by atoms with Gasteiger partial charge < -0.3 is 14.2 Å². The van der Waals surface area contributed by atoms with Gasteiger partial charge >= 0.3 is 0 Å². The van der Waals surface area contributed by atoms with Crippen LogP contribution in [0.25, 0.3) is 11.5 Å². The molecule has 0 aromatic carbocycles. The van der Waals surface area contributed by atoms with Crippen LogP contribution in [0.4, 0.5) is 0 Å². The maximum atomic E-state index is 12.5. The topological polar surface area (TPSA) is 84.6 Å². The van der Waals surface area contributed by atoms with Crippen LogP contribution in [-0.2, 0) is 9.53 Å². The van der Waals surface area contributed by atoms with E-state index in [-0.39, 0.29) is 11.9 Å². The van der Waals surface area contributed by atoms with Crippen LogP contribution >= 0.6 is 0 Å². The normalized spacial score (nSPS) is 21.6. The van der Waals surface area contributed by atoms with E-state index in [9.17, 15) is 4.79 Å². The van der Waals surface area contributed by atoms with Gasteiger partial charge in [0.25, 0.3) is 0 Å². The molecule has 1 atom stereocenters. The Hall–Kier alpha value is -2.32. The van der Waals surface area contributed by atoms with Gasteiger partial charge in [-0.1, -0.05) is 11.2 Å². The van der Waals surface area contributed by atoms with Gasteiger partial charge in [0.15, 0.2) is 0 Å². The number of morpholine rings is 1. The Kier molecular flexibility index (Phi) is 4.71. The smallest absolute Gasteiger partial charge is 0.244 e. The average Bonchev–Trinajstić information content (AvgIpc) is 3.32. The Morgan fingerprint density at radius 1 is 1.24 bits per heavy atom. The van der Waals surface area contributed by atoms with E-state index in [1.807, 2.05) is 23.1 Å². The molecule has 8 heteroatoms. The zero-order chi connectivity index (χ0) is 17.1. The molecule has 0 spiro atoms. The maximum absolute atomic E-state index is 12.5. The Morgan fingerprint density at radius 3 is 2.92 bits per heavy atom. The van der Waals surface area contributed by atoms with Crippen molar-refractivity contribution >= 4 is 5.91 Å². The van der Waals surface area contributed by atoms with Crippen molar-refractivity contribution in [3.05, 3.63) is 30.3 Å². The zero-order valence-corrected chi connectivity index (χ0v) is 14.0. The molecule has 2 saturated heterocycles. The molecule has 25 heavy (non-hydrogen) atoms. The van der Waals surface area contributed by atoms with Crippen LogP contribution in [0.3, 0.4) is 0 Å². The van der Waals surface area contributed by atoms with Gasteiger partial charge in [0.2, 0.25) is 17.6 Å². The molecule has 8 nitrogen and oxygen atoms in total. The molecule has 1 unspecified atom stereocenters. The molecule has 132 valence electrons. The highest BCUT2D eigenvalue weighted by Gasteiger charge is 2.33. The number of hydrogen-bond acceptors (Lipinski definition) is 7. The molecule has 1 amide bonds. The summed E-state index contributed by atoms with van der Waals surface area (Å²) in [5.41, 5.74) is 0.687. The lowest BCUT2D eigenvalue weighted by molar-refractivity contribution is -0.136. The fourth-order valence-corrected chi connectivity index (χ4v) is 3.35. The summed E-state index contributed by atoms with van der Waals surface area (Å²) in [4.78, 5) is 25.3. The summed E-state index contributed by atoms with van der Waals surface area (Å²) in [6, 6.07) is 5.58. The zero-order valence-electron chi connectivity index (χ0n) is 14.0. The number of aromatic nitrogens is 3. The number of carbonyl (C=O) groups is 1. The van der Waals surface area contributed by atoms with Gasteiger partial charge in [0.05, 0.1) is 25.8 Å². The minimum atomic E-state index is -0.00467. The Bertz CT molecular complexity index is 714. The van der Waals surface area contributed by atoms with E-state index in [0.717, 1.165) is 19.4 Å². The van der Waals surface area contributed by atoms with Crippen molar-refractivity contribution in [1.29, 1.82) is 0 Å². The van der Waals surface area contributed by atoms with Gasteiger partial charge in [0.1, 0.15) is 5.69 Å². The summed E-state index contributed by atoms with van der Waals surface area (Å²) in [5.74, 6) is 1.19. The number of rotatable bonds is 4. The van der Waals surface area contributed by atoms with Crippen LogP contribution in [-0.4, -0.2) is 70.2 Å². The number of nitrogens with zero attached hydrogens (tertiary/aromatic N) is 5. The summed E-state index contributed by atoms with van der Waals surface area (Å²) >= 11 is 0. The number of carbonyl (C=O) groups excluding carboxylic acids is 1. The largest absolute Gasteiger partial charge is 0.378 e. The van der Waals surface area contributed by atoms with E-state index in [1.165, 1.54) is 0 Å². The standard InChI is InChI=1S/C17H21N5O3/c23-15(21-8-10-24-11-9-21)12-22-7-3-5-14(22)17-19-16(20-25-17)13-4-1-2-6-18-13/h1-2,4,6,14H,3,5,7-12H2. The molecule has 0 bridgehead atoms. The summed E-state index contributed by atoms with van der Waals surface area (Å²) < 4.78 is 10.8. The van der Waals surface area contributed by atoms with Crippen molar-refractivity contribution in [2.45, 2.75) is 18.9 Å². The molecular weight excluding hydrogens is 322 g/mol. The number of amides is 1. The van der Waals surface area contributed by atoms with Crippen LogP contribution in [0.5, 0.6) is 0 Å². The lowest BCUT2D eigenvalue weighted by atomic mass is 10.2. The summed E-state index contributed by atoms with van der Waals surface area (Å²) in [6.07, 6.45) is 3.64. The van der Waals surface area contributed by atoms with Crippen molar-refractivity contribution in [3.8, 4) is 11.5 Å². The first-order valence-corrected chi connectivity index (χ1v) is 8.66. The molecule has 0 radical (unpaired) electrons. The molecule has 0 saturated carbocycles. The predicted molar refractivity (Wildman–Crippen MR) is 88.5 cm³/mol. The van der Waals surface area contributed by atoms with Gasteiger partial charge in [-0.25, -0.2) is 0 Å². The maximum Gasteiger partial charge on any atom is 0.244 e. The molecule has 0 N–H and O–H groups in total. The number of hydrogen-bond donors (Lipinski definition) is 0. The predicted octanol–water partition coefficient (Wildman–Crippen LogP) is 1.13. The first-order valence-electron chi connectivity index (χ1n) is 8.66. The highest BCUT2D eigenvalue weighted by molar-refractivity contribution is 5.78. The Balaban J connectivity index is 1.44. The van der Waals surface area contributed by atoms with Crippen LogP contribution < -0.4 is 0 Å². The van der Waals surface area contributed by atoms with Gasteiger partial charge in [-0.15, -0.1) is 0 Å². The van der Waals surface area contributed by atoms with Crippen molar-refractivity contribution < 1.29 is 14.1 Å². The molecule has 4 rings (SSSR count). The fourth-order valence-electron chi connectivity index (χ4n) is 3.35. The van der Waals surface area contributed by atoms with E-state index in [1.54, 1.807) is 6.20 Å². The van der Waals surface area contributed by atoms with Crippen LogP contribution in [0.1, 0.15) is 24.8 Å². The molecular formula is C17H21N5O3. The minimum Gasteiger partial charge on any atom is -0.378 e. The highest BCUT2D eigenvalue weighted by atomic mass is 16.5. The number of ether oxygens (including phenoxy) is 1. The molecule has 2 aliphatic rings. The number of likely N-dealkylation sites (tertiary alicyclic amines) is 1. The van der Waals surface area contributed by atoms with Gasteiger partial charge in [-0.05, 0) is 31.5 Å². The second-order valence-corrected chi connectivity index (χ2v) is 6.29. The van der Waals surface area contributed by atoms with E-state index >= 15 is 0 Å². The lowest BCUT2D eigenvalue weighted by Crippen LogP contribution is -2.45. The van der Waals surface area contributed by atoms with Gasteiger partial charge in [0, 0.05) is 19.3 Å². The van der Waals surface area contributed by atoms with Crippen molar-refractivity contribution in [1.82, 2.24) is 24.9 Å². The first kappa shape index (κ1) is 16.2. The summed E-state index contributed by atoms with van der Waals surface area (Å²) in [6.45, 7) is 3.82. The fraction of sp³-hybridized carbons (Fsp3) is 0.529. The molecule has 2 aliphatic heterocycles. The van der Waals surface area contributed by atoms with Gasteiger partial charge in [-0.3, -0.25) is 14.7 Å². The van der Waals surface area contributed by atoms with Crippen LogP contribution in [0.15, 0.2) is 28.9 Å². The van der Waals surface area contributed by atoms with Crippen molar-refractivity contribution in [2.75, 3.05) is 39.4 Å². The summed E-state index contributed by atoms with van der Waals surface area (Å²) in [7, 11) is 0. The second kappa shape index (κ2) is 7.28. The SMILES string of the molecule is O=C(CN1CCCC1c1nc(-c2ccccn2)no1)N1CCOCC1. The van der Waals surface area contributed by atoms with E-state index in [0.29, 0.717) is 50.3 Å². The summed E-state index contributed by atoms with van der Waals surface area (Å²) in [5, 5.41) is 4.05. The molecule has 4 heterocycles. The lowest BCUT2D eigenvalue weighted by Gasteiger charge is -2.29. The van der Waals surface area contributed by atoms with Crippen molar-refractivity contribution in [2.24, 2.45) is 0 Å². The molecule has 2 fully saturated rings. The Labute approximate surface area is 145 Å².